The van der Waals surface area contributed by atoms with E-state index in [2.05, 4.69) is 25.8 Å². The number of nitrogens with zero attached hydrogens (tertiary/aromatic N) is 1. The van der Waals surface area contributed by atoms with E-state index in [4.69, 9.17) is 5.73 Å². The molecule has 0 spiro atoms. The maximum Gasteiger partial charge on any atom is 0.0689 e. The fourth-order valence-electron chi connectivity index (χ4n) is 3.37. The molecule has 0 amide bonds. The molecular weight excluding hydrogens is 248 g/mol. The monoisotopic (exact) mass is 276 g/mol. The van der Waals surface area contributed by atoms with Crippen LogP contribution in [-0.2, 0) is 6.42 Å². The molecule has 1 aliphatic rings. The Morgan fingerprint density at radius 1 is 1.35 bits per heavy atom. The number of nitrogen functional groups attached to an aromatic ring is 1. The van der Waals surface area contributed by atoms with Crippen LogP contribution in [0, 0.1) is 11.3 Å². The SMILES string of the molecule is CC(C)(C)C1CCCC(O)(Cc2cnccc2N)CC1. The van der Waals surface area contributed by atoms with Crippen molar-refractivity contribution in [2.24, 2.45) is 11.3 Å². The van der Waals surface area contributed by atoms with Gasteiger partial charge in [0.05, 0.1) is 5.60 Å². The summed E-state index contributed by atoms with van der Waals surface area (Å²) in [5.74, 6) is 0.697. The van der Waals surface area contributed by atoms with Gasteiger partial charge in [-0.05, 0) is 48.6 Å². The second-order valence-electron chi connectivity index (χ2n) is 7.47. The third-order valence-corrected chi connectivity index (χ3v) is 4.84. The number of anilines is 1. The number of hydrogen-bond donors (Lipinski definition) is 2. The average Bonchev–Trinajstić information content (AvgIpc) is 2.54. The second kappa shape index (κ2) is 5.72. The molecule has 1 aromatic heterocycles. The molecule has 2 atom stereocenters. The molecule has 2 unspecified atom stereocenters. The van der Waals surface area contributed by atoms with E-state index in [0.717, 1.165) is 36.9 Å². The quantitative estimate of drug-likeness (QED) is 0.812. The molecule has 3 nitrogen and oxygen atoms in total. The number of nitrogens with two attached hydrogens (primary N) is 1. The molecule has 0 aliphatic heterocycles. The minimum absolute atomic E-state index is 0.332. The van der Waals surface area contributed by atoms with Crippen molar-refractivity contribution in [1.82, 2.24) is 4.98 Å². The highest BCUT2D eigenvalue weighted by Crippen LogP contribution is 2.40. The van der Waals surface area contributed by atoms with Gasteiger partial charge < -0.3 is 10.8 Å². The molecule has 3 heteroatoms. The predicted octanol–water partition coefficient (Wildman–Crippen LogP) is 3.56. The number of pyridine rings is 1. The second-order valence-corrected chi connectivity index (χ2v) is 7.47. The van der Waals surface area contributed by atoms with Gasteiger partial charge in [-0.2, -0.15) is 0 Å². The summed E-state index contributed by atoms with van der Waals surface area (Å²) < 4.78 is 0. The zero-order valence-electron chi connectivity index (χ0n) is 13.0. The van der Waals surface area contributed by atoms with E-state index in [1.807, 2.05) is 6.07 Å². The summed E-state index contributed by atoms with van der Waals surface area (Å²) in [6.07, 6.45) is 9.26. The minimum atomic E-state index is -0.614. The Bertz CT molecular complexity index is 453. The molecule has 0 radical (unpaired) electrons. The lowest BCUT2D eigenvalue weighted by Crippen LogP contribution is -2.31. The number of hydrogen-bond acceptors (Lipinski definition) is 3. The molecule has 1 aliphatic carbocycles. The van der Waals surface area contributed by atoms with Gasteiger partial charge in [0.2, 0.25) is 0 Å². The molecule has 1 heterocycles. The van der Waals surface area contributed by atoms with Gasteiger partial charge in [-0.3, -0.25) is 4.98 Å². The normalized spacial score (nSPS) is 28.1. The fraction of sp³-hybridized carbons (Fsp3) is 0.706. The molecule has 0 aromatic carbocycles. The van der Waals surface area contributed by atoms with Crippen molar-refractivity contribution >= 4 is 5.69 Å². The molecule has 2 rings (SSSR count). The van der Waals surface area contributed by atoms with Gasteiger partial charge in [0.15, 0.2) is 0 Å². The summed E-state index contributed by atoms with van der Waals surface area (Å²) in [5.41, 5.74) is 7.42. The van der Waals surface area contributed by atoms with Gasteiger partial charge >= 0.3 is 0 Å². The van der Waals surface area contributed by atoms with E-state index >= 15 is 0 Å². The average molecular weight is 276 g/mol. The molecular formula is C17H28N2O. The largest absolute Gasteiger partial charge is 0.398 e. The van der Waals surface area contributed by atoms with E-state index < -0.39 is 5.60 Å². The minimum Gasteiger partial charge on any atom is -0.398 e. The van der Waals surface area contributed by atoms with Crippen molar-refractivity contribution in [2.45, 2.75) is 64.9 Å². The summed E-state index contributed by atoms with van der Waals surface area (Å²) >= 11 is 0. The Labute approximate surface area is 122 Å². The first-order valence-electron chi connectivity index (χ1n) is 7.71. The first-order chi connectivity index (χ1) is 9.30. The Balaban J connectivity index is 2.06. The van der Waals surface area contributed by atoms with E-state index in [9.17, 15) is 5.11 Å². The Morgan fingerprint density at radius 2 is 2.10 bits per heavy atom. The lowest BCUT2D eigenvalue weighted by atomic mass is 9.76. The molecule has 1 saturated carbocycles. The smallest absolute Gasteiger partial charge is 0.0689 e. The molecule has 1 fully saturated rings. The maximum atomic E-state index is 10.9. The van der Waals surface area contributed by atoms with Crippen molar-refractivity contribution in [3.8, 4) is 0 Å². The van der Waals surface area contributed by atoms with Crippen molar-refractivity contribution in [1.29, 1.82) is 0 Å². The summed E-state index contributed by atoms with van der Waals surface area (Å²) in [6.45, 7) is 6.92. The first kappa shape index (κ1) is 15.3. The lowest BCUT2D eigenvalue weighted by Gasteiger charge is -2.31. The van der Waals surface area contributed by atoms with E-state index in [1.165, 1.54) is 6.42 Å². The van der Waals surface area contributed by atoms with E-state index in [0.29, 0.717) is 17.8 Å². The van der Waals surface area contributed by atoms with Crippen molar-refractivity contribution < 1.29 is 5.11 Å². The number of aliphatic hydroxyl groups is 1. The highest BCUT2D eigenvalue weighted by atomic mass is 16.3. The van der Waals surface area contributed by atoms with Gasteiger partial charge in [-0.15, -0.1) is 0 Å². The number of aromatic nitrogens is 1. The van der Waals surface area contributed by atoms with Crippen LogP contribution < -0.4 is 5.73 Å². The van der Waals surface area contributed by atoms with Gasteiger partial charge in [-0.1, -0.05) is 27.2 Å². The van der Waals surface area contributed by atoms with Gasteiger partial charge in [0.1, 0.15) is 0 Å². The zero-order chi connectivity index (χ0) is 14.8. The van der Waals surface area contributed by atoms with Crippen LogP contribution in [0.1, 0.15) is 58.4 Å². The number of rotatable bonds is 2. The highest BCUT2D eigenvalue weighted by Gasteiger charge is 2.35. The Kier molecular flexibility index (Phi) is 4.38. The fourth-order valence-corrected chi connectivity index (χ4v) is 3.37. The van der Waals surface area contributed by atoms with E-state index in [1.54, 1.807) is 12.4 Å². The van der Waals surface area contributed by atoms with Crippen LogP contribution >= 0.6 is 0 Å². The van der Waals surface area contributed by atoms with Gasteiger partial charge in [-0.25, -0.2) is 0 Å². The molecule has 0 bridgehead atoms. The highest BCUT2D eigenvalue weighted by molar-refractivity contribution is 5.45. The molecule has 3 N–H and O–H groups in total. The standard InChI is InChI=1S/C17H28N2O/c1-16(2,3)14-5-4-8-17(20,9-6-14)11-13-12-19-10-7-15(13)18/h7,10,12,14,20H,4-6,8-9,11H2,1-3H3,(H2,18,19). The van der Waals surface area contributed by atoms with Crippen LogP contribution in [0.15, 0.2) is 18.5 Å². The summed E-state index contributed by atoms with van der Waals surface area (Å²) in [4.78, 5) is 4.13. The van der Waals surface area contributed by atoms with Gasteiger partial charge in [0, 0.05) is 24.5 Å². The van der Waals surface area contributed by atoms with Crippen LogP contribution in [0.5, 0.6) is 0 Å². The lowest BCUT2D eigenvalue weighted by molar-refractivity contribution is 0.0226. The first-order valence-corrected chi connectivity index (χ1v) is 7.71. The zero-order valence-corrected chi connectivity index (χ0v) is 13.0. The molecule has 112 valence electrons. The van der Waals surface area contributed by atoms with E-state index in [-0.39, 0.29) is 0 Å². The van der Waals surface area contributed by atoms with Crippen LogP contribution in [0.25, 0.3) is 0 Å². The third-order valence-electron chi connectivity index (χ3n) is 4.84. The maximum absolute atomic E-state index is 10.9. The van der Waals surface area contributed by atoms with Crippen molar-refractivity contribution in [3.05, 3.63) is 24.0 Å². The van der Waals surface area contributed by atoms with Crippen molar-refractivity contribution in [2.75, 3.05) is 5.73 Å². The summed E-state index contributed by atoms with van der Waals surface area (Å²) in [6, 6.07) is 1.81. The predicted molar refractivity (Wildman–Crippen MR) is 83.3 cm³/mol. The Morgan fingerprint density at radius 3 is 2.75 bits per heavy atom. The summed E-state index contributed by atoms with van der Waals surface area (Å²) in [7, 11) is 0. The molecule has 1 aromatic rings. The van der Waals surface area contributed by atoms with Crippen molar-refractivity contribution in [3.63, 3.8) is 0 Å². The third kappa shape index (κ3) is 3.72. The van der Waals surface area contributed by atoms with Crippen LogP contribution in [0.4, 0.5) is 5.69 Å². The van der Waals surface area contributed by atoms with Crippen LogP contribution in [0.3, 0.4) is 0 Å². The Hall–Kier alpha value is -1.09. The van der Waals surface area contributed by atoms with Crippen LogP contribution in [0.2, 0.25) is 0 Å². The molecule has 20 heavy (non-hydrogen) atoms. The van der Waals surface area contributed by atoms with Gasteiger partial charge in [0.25, 0.3) is 0 Å². The van der Waals surface area contributed by atoms with Crippen LogP contribution in [-0.4, -0.2) is 15.7 Å². The summed E-state index contributed by atoms with van der Waals surface area (Å²) in [5, 5.41) is 10.9. The molecule has 0 saturated heterocycles. The topological polar surface area (TPSA) is 59.1 Å².